The maximum atomic E-state index is 11.7. The van der Waals surface area contributed by atoms with Gasteiger partial charge in [0.05, 0.1) is 52.7 Å². The van der Waals surface area contributed by atoms with Gasteiger partial charge in [0.15, 0.2) is 0 Å². The molecule has 25 heavy (non-hydrogen) atoms. The second kappa shape index (κ2) is 13.8. The second-order valence-electron chi connectivity index (χ2n) is 6.06. The molecule has 0 fully saturated rings. The second-order valence-corrected chi connectivity index (χ2v) is 6.06. The minimum atomic E-state index is -0.634. The van der Waals surface area contributed by atoms with Gasteiger partial charge in [-0.2, -0.15) is 0 Å². The molecule has 0 radical (unpaired) electrons. The molecule has 0 saturated carbocycles. The zero-order valence-electron chi connectivity index (χ0n) is 15.4. The SMILES string of the molecule is C=C(CC(=O)OCCOCCOCCOCCO)C(=O)OC(C)(C)C. The zero-order chi connectivity index (χ0) is 19.1. The fourth-order valence-corrected chi connectivity index (χ4v) is 1.47. The monoisotopic (exact) mass is 362 g/mol. The molecule has 1 N–H and O–H groups in total. The molecule has 0 atom stereocenters. The summed E-state index contributed by atoms with van der Waals surface area (Å²) in [6.07, 6.45) is -0.216. The van der Waals surface area contributed by atoms with E-state index in [1.165, 1.54) is 0 Å². The Morgan fingerprint density at radius 3 is 1.84 bits per heavy atom. The molecule has 0 saturated heterocycles. The molecule has 0 heterocycles. The Labute approximate surface area is 149 Å². The zero-order valence-corrected chi connectivity index (χ0v) is 15.4. The van der Waals surface area contributed by atoms with E-state index in [-0.39, 0.29) is 31.8 Å². The maximum absolute atomic E-state index is 11.7. The van der Waals surface area contributed by atoms with E-state index in [1.54, 1.807) is 20.8 Å². The van der Waals surface area contributed by atoms with Gasteiger partial charge in [0, 0.05) is 5.57 Å². The average Bonchev–Trinajstić information content (AvgIpc) is 2.50. The predicted molar refractivity (Wildman–Crippen MR) is 90.1 cm³/mol. The van der Waals surface area contributed by atoms with Crippen molar-refractivity contribution in [1.82, 2.24) is 0 Å². The smallest absolute Gasteiger partial charge is 0.334 e. The van der Waals surface area contributed by atoms with E-state index in [2.05, 4.69) is 6.58 Å². The van der Waals surface area contributed by atoms with Gasteiger partial charge in [0.2, 0.25) is 0 Å². The Balaban J connectivity index is 3.55. The number of aliphatic hydroxyl groups excluding tert-OH is 1. The van der Waals surface area contributed by atoms with Crippen LogP contribution in [0.3, 0.4) is 0 Å². The lowest BCUT2D eigenvalue weighted by molar-refractivity contribution is -0.153. The van der Waals surface area contributed by atoms with Gasteiger partial charge in [-0.3, -0.25) is 4.79 Å². The van der Waals surface area contributed by atoms with Gasteiger partial charge >= 0.3 is 11.9 Å². The lowest BCUT2D eigenvalue weighted by Crippen LogP contribution is -2.25. The Kier molecular flexibility index (Phi) is 13.0. The summed E-state index contributed by atoms with van der Waals surface area (Å²) in [5.41, 5.74) is -0.581. The van der Waals surface area contributed by atoms with Crippen LogP contribution in [-0.2, 0) is 33.3 Å². The predicted octanol–water partition coefficient (Wildman–Crippen LogP) is 0.860. The van der Waals surface area contributed by atoms with Crippen LogP contribution >= 0.6 is 0 Å². The number of hydrogen-bond acceptors (Lipinski definition) is 8. The molecule has 8 nitrogen and oxygen atoms in total. The van der Waals surface area contributed by atoms with E-state index >= 15 is 0 Å². The molecule has 0 aliphatic heterocycles. The van der Waals surface area contributed by atoms with Crippen molar-refractivity contribution in [2.75, 3.05) is 52.9 Å². The number of hydrogen-bond donors (Lipinski definition) is 1. The highest BCUT2D eigenvalue weighted by Crippen LogP contribution is 2.12. The normalized spacial score (nSPS) is 11.2. The van der Waals surface area contributed by atoms with Crippen molar-refractivity contribution >= 4 is 11.9 Å². The topological polar surface area (TPSA) is 101 Å². The maximum Gasteiger partial charge on any atom is 0.334 e. The van der Waals surface area contributed by atoms with Crippen LogP contribution in [0.25, 0.3) is 0 Å². The number of ether oxygens (including phenoxy) is 5. The summed E-state index contributed by atoms with van der Waals surface area (Å²) in [7, 11) is 0. The van der Waals surface area contributed by atoms with Crippen LogP contribution in [0, 0.1) is 0 Å². The average molecular weight is 362 g/mol. The number of rotatable bonds is 14. The fraction of sp³-hybridized carbons (Fsp3) is 0.765. The summed E-state index contributed by atoms with van der Waals surface area (Å²) in [6.45, 7) is 10.9. The molecule has 0 rings (SSSR count). The number of carbonyl (C=O) groups excluding carboxylic acids is 2. The van der Waals surface area contributed by atoms with Gasteiger partial charge in [-0.15, -0.1) is 0 Å². The van der Waals surface area contributed by atoms with Crippen molar-refractivity contribution in [3.8, 4) is 0 Å². The van der Waals surface area contributed by atoms with E-state index in [1.807, 2.05) is 0 Å². The molecule has 0 spiro atoms. The van der Waals surface area contributed by atoms with Gasteiger partial charge in [-0.1, -0.05) is 6.58 Å². The first kappa shape index (κ1) is 23.5. The number of aliphatic hydroxyl groups is 1. The summed E-state index contributed by atoms with van der Waals surface area (Å²) >= 11 is 0. The standard InChI is InChI=1S/C17H30O8/c1-14(16(20)25-17(2,3)4)13-15(19)24-12-11-23-10-9-22-8-7-21-6-5-18/h18H,1,5-13H2,2-4H3. The van der Waals surface area contributed by atoms with E-state index in [0.717, 1.165) is 0 Å². The van der Waals surface area contributed by atoms with E-state index < -0.39 is 17.5 Å². The molecular weight excluding hydrogens is 332 g/mol. The Morgan fingerprint density at radius 2 is 1.36 bits per heavy atom. The van der Waals surface area contributed by atoms with Crippen LogP contribution in [0.4, 0.5) is 0 Å². The van der Waals surface area contributed by atoms with E-state index in [9.17, 15) is 9.59 Å². The molecule has 0 bridgehead atoms. The largest absolute Gasteiger partial charge is 0.463 e. The first-order valence-corrected chi connectivity index (χ1v) is 8.17. The Hall–Kier alpha value is -1.48. The molecule has 146 valence electrons. The van der Waals surface area contributed by atoms with Crippen LogP contribution in [0.1, 0.15) is 27.2 Å². The molecule has 0 aliphatic carbocycles. The van der Waals surface area contributed by atoms with Crippen molar-refractivity contribution in [3.63, 3.8) is 0 Å². The molecule has 0 aromatic rings. The van der Waals surface area contributed by atoms with Gasteiger partial charge in [-0.25, -0.2) is 4.79 Å². The Morgan fingerprint density at radius 1 is 0.880 bits per heavy atom. The molecule has 0 aromatic heterocycles. The number of carbonyl (C=O) groups is 2. The third kappa shape index (κ3) is 15.8. The summed E-state index contributed by atoms with van der Waals surface area (Å²) in [4.78, 5) is 23.2. The lowest BCUT2D eigenvalue weighted by atomic mass is 10.1. The van der Waals surface area contributed by atoms with Gasteiger partial charge in [0.1, 0.15) is 12.2 Å². The van der Waals surface area contributed by atoms with Crippen molar-refractivity contribution in [2.24, 2.45) is 0 Å². The quantitative estimate of drug-likeness (QED) is 0.276. The first-order valence-electron chi connectivity index (χ1n) is 8.17. The summed E-state index contributed by atoms with van der Waals surface area (Å²) in [5, 5.41) is 8.50. The Bertz CT molecular complexity index is 400. The highest BCUT2D eigenvalue weighted by Gasteiger charge is 2.20. The fourth-order valence-electron chi connectivity index (χ4n) is 1.47. The molecule has 0 amide bonds. The molecule has 0 unspecified atom stereocenters. The van der Waals surface area contributed by atoms with Crippen LogP contribution in [0.5, 0.6) is 0 Å². The van der Waals surface area contributed by atoms with Crippen molar-refractivity contribution < 1.29 is 38.4 Å². The van der Waals surface area contributed by atoms with Crippen molar-refractivity contribution in [2.45, 2.75) is 32.8 Å². The third-order valence-corrected chi connectivity index (χ3v) is 2.52. The summed E-state index contributed by atoms with van der Waals surface area (Å²) in [6, 6.07) is 0. The van der Waals surface area contributed by atoms with E-state index in [4.69, 9.17) is 28.8 Å². The van der Waals surface area contributed by atoms with Gasteiger partial charge in [0.25, 0.3) is 0 Å². The van der Waals surface area contributed by atoms with Crippen LogP contribution in [0.2, 0.25) is 0 Å². The highest BCUT2D eigenvalue weighted by atomic mass is 16.6. The molecule has 8 heteroatoms. The van der Waals surface area contributed by atoms with Crippen molar-refractivity contribution in [1.29, 1.82) is 0 Å². The lowest BCUT2D eigenvalue weighted by Gasteiger charge is -2.20. The van der Waals surface area contributed by atoms with E-state index in [0.29, 0.717) is 33.0 Å². The van der Waals surface area contributed by atoms with Gasteiger partial charge < -0.3 is 28.8 Å². The van der Waals surface area contributed by atoms with Gasteiger partial charge in [-0.05, 0) is 20.8 Å². The third-order valence-electron chi connectivity index (χ3n) is 2.52. The van der Waals surface area contributed by atoms with Crippen LogP contribution < -0.4 is 0 Å². The van der Waals surface area contributed by atoms with Crippen LogP contribution in [0.15, 0.2) is 12.2 Å². The minimum absolute atomic E-state index is 0.00699. The molecule has 0 aromatic carbocycles. The highest BCUT2D eigenvalue weighted by molar-refractivity contribution is 5.93. The van der Waals surface area contributed by atoms with Crippen LogP contribution in [-0.4, -0.2) is 75.5 Å². The molecular formula is C17H30O8. The first-order chi connectivity index (χ1) is 11.8. The number of esters is 2. The minimum Gasteiger partial charge on any atom is -0.463 e. The van der Waals surface area contributed by atoms with Crippen molar-refractivity contribution in [3.05, 3.63) is 12.2 Å². The summed E-state index contributed by atoms with van der Waals surface area (Å²) < 4.78 is 25.5. The molecule has 0 aliphatic rings. The summed E-state index contributed by atoms with van der Waals surface area (Å²) in [5.74, 6) is -1.17.